The van der Waals surface area contributed by atoms with Crippen molar-refractivity contribution in [2.45, 2.75) is 13.5 Å². The molecule has 0 amide bonds. The summed E-state index contributed by atoms with van der Waals surface area (Å²) in [5, 5.41) is 0.336. The van der Waals surface area contributed by atoms with Crippen LogP contribution in [0.15, 0.2) is 36.4 Å². The van der Waals surface area contributed by atoms with E-state index in [1.807, 2.05) is 6.92 Å². The standard InChI is InChI=1S/C13H11ClNO4P/c1-9-6-7-13-11(15-9)8-17-20(16,19-13)18-12-5-3-2-4-10(12)14/h2-7H,8H2,1H3. The molecule has 104 valence electrons. The number of rotatable bonds is 2. The van der Waals surface area contributed by atoms with Crippen LogP contribution in [0, 0.1) is 6.92 Å². The van der Waals surface area contributed by atoms with Gasteiger partial charge in [0.05, 0.1) is 5.02 Å². The van der Waals surface area contributed by atoms with E-state index in [0.29, 0.717) is 16.5 Å². The van der Waals surface area contributed by atoms with Gasteiger partial charge < -0.3 is 9.05 Å². The fourth-order valence-corrected chi connectivity index (χ4v) is 3.21. The number of pyridine rings is 1. The van der Waals surface area contributed by atoms with Gasteiger partial charge in [0, 0.05) is 5.69 Å². The smallest absolute Gasteiger partial charge is 0.393 e. The molecule has 0 radical (unpaired) electrons. The van der Waals surface area contributed by atoms with Crippen LogP contribution in [0.1, 0.15) is 11.4 Å². The van der Waals surface area contributed by atoms with Crippen LogP contribution < -0.4 is 9.05 Å². The third kappa shape index (κ3) is 2.66. The number of phosphoric acid groups is 1. The lowest BCUT2D eigenvalue weighted by atomic mass is 10.3. The van der Waals surface area contributed by atoms with Crippen molar-refractivity contribution in [2.24, 2.45) is 0 Å². The fraction of sp³-hybridized carbons (Fsp3) is 0.154. The van der Waals surface area contributed by atoms with Gasteiger partial charge in [0.25, 0.3) is 0 Å². The molecule has 3 rings (SSSR count). The first kappa shape index (κ1) is 13.4. The Morgan fingerprint density at radius 2 is 2.10 bits per heavy atom. The number of fused-ring (bicyclic) bond motifs is 1. The highest BCUT2D eigenvalue weighted by Crippen LogP contribution is 2.54. The van der Waals surface area contributed by atoms with Crippen LogP contribution >= 0.6 is 19.4 Å². The molecule has 0 N–H and O–H groups in total. The first-order valence-electron chi connectivity index (χ1n) is 5.91. The van der Waals surface area contributed by atoms with Crippen molar-refractivity contribution in [3.8, 4) is 11.5 Å². The normalized spacial score (nSPS) is 20.9. The van der Waals surface area contributed by atoms with Crippen LogP contribution in [0.5, 0.6) is 11.5 Å². The second-order valence-electron chi connectivity index (χ2n) is 4.23. The maximum Gasteiger partial charge on any atom is 0.588 e. The van der Waals surface area contributed by atoms with E-state index < -0.39 is 7.82 Å². The molecule has 1 aliphatic rings. The highest BCUT2D eigenvalue weighted by atomic mass is 35.5. The summed E-state index contributed by atoms with van der Waals surface area (Å²) in [4.78, 5) is 4.25. The number of benzene rings is 1. The Morgan fingerprint density at radius 3 is 2.90 bits per heavy atom. The third-order valence-electron chi connectivity index (χ3n) is 2.69. The van der Waals surface area contributed by atoms with Crippen LogP contribution in [0.3, 0.4) is 0 Å². The summed E-state index contributed by atoms with van der Waals surface area (Å²) in [6, 6.07) is 10.2. The molecule has 1 unspecified atom stereocenters. The molecule has 0 spiro atoms. The van der Waals surface area contributed by atoms with E-state index in [-0.39, 0.29) is 12.4 Å². The summed E-state index contributed by atoms with van der Waals surface area (Å²) in [6.07, 6.45) is 0. The van der Waals surface area contributed by atoms with Crippen molar-refractivity contribution < 1.29 is 18.1 Å². The molecular formula is C13H11ClNO4P. The molecule has 20 heavy (non-hydrogen) atoms. The van der Waals surface area contributed by atoms with E-state index in [9.17, 15) is 4.57 Å². The Hall–Kier alpha value is -1.55. The number of phosphoric ester groups is 1. The molecule has 0 saturated carbocycles. The van der Waals surface area contributed by atoms with Gasteiger partial charge in [-0.15, -0.1) is 0 Å². The zero-order chi connectivity index (χ0) is 14.2. The lowest BCUT2D eigenvalue weighted by Gasteiger charge is -2.24. The van der Waals surface area contributed by atoms with Gasteiger partial charge in [0.2, 0.25) is 0 Å². The van der Waals surface area contributed by atoms with Crippen LogP contribution in [0.25, 0.3) is 0 Å². The summed E-state index contributed by atoms with van der Waals surface area (Å²) in [6.45, 7) is 1.92. The molecule has 1 aromatic heterocycles. The van der Waals surface area contributed by atoms with Gasteiger partial charge in [-0.2, -0.15) is 0 Å². The van der Waals surface area contributed by atoms with Crippen molar-refractivity contribution in [2.75, 3.05) is 0 Å². The average molecular weight is 312 g/mol. The Morgan fingerprint density at radius 1 is 1.30 bits per heavy atom. The highest BCUT2D eigenvalue weighted by Gasteiger charge is 2.37. The lowest BCUT2D eigenvalue weighted by Crippen LogP contribution is -2.13. The first-order valence-corrected chi connectivity index (χ1v) is 7.74. The minimum Gasteiger partial charge on any atom is -0.393 e. The van der Waals surface area contributed by atoms with E-state index in [2.05, 4.69) is 4.98 Å². The minimum absolute atomic E-state index is 0.0682. The molecule has 1 aliphatic heterocycles. The topological polar surface area (TPSA) is 57.7 Å². The number of halogens is 1. The van der Waals surface area contributed by atoms with E-state index in [4.69, 9.17) is 25.2 Å². The van der Waals surface area contributed by atoms with E-state index >= 15 is 0 Å². The summed E-state index contributed by atoms with van der Waals surface area (Å²) >= 11 is 5.96. The number of nitrogens with zero attached hydrogens (tertiary/aromatic N) is 1. The molecule has 0 bridgehead atoms. The monoisotopic (exact) mass is 311 g/mol. The van der Waals surface area contributed by atoms with Gasteiger partial charge in [-0.25, -0.2) is 4.57 Å². The molecule has 0 fully saturated rings. The van der Waals surface area contributed by atoms with Crippen molar-refractivity contribution >= 4 is 19.4 Å². The van der Waals surface area contributed by atoms with E-state index in [0.717, 1.165) is 5.69 Å². The predicted molar refractivity (Wildman–Crippen MR) is 74.1 cm³/mol. The van der Waals surface area contributed by atoms with E-state index in [1.165, 1.54) is 0 Å². The third-order valence-corrected chi connectivity index (χ3v) is 4.29. The molecular weight excluding hydrogens is 301 g/mol. The Labute approximate surface area is 121 Å². The Kier molecular flexibility index (Phi) is 3.42. The maximum absolute atomic E-state index is 12.4. The largest absolute Gasteiger partial charge is 0.588 e. The molecule has 2 aromatic rings. The summed E-state index contributed by atoms with van der Waals surface area (Å²) in [5.74, 6) is 0.651. The first-order chi connectivity index (χ1) is 9.56. The molecule has 0 saturated heterocycles. The van der Waals surface area contributed by atoms with Crippen LogP contribution in [0.2, 0.25) is 5.02 Å². The van der Waals surface area contributed by atoms with Crippen molar-refractivity contribution in [3.05, 3.63) is 52.8 Å². The number of hydrogen-bond acceptors (Lipinski definition) is 5. The van der Waals surface area contributed by atoms with E-state index in [1.54, 1.807) is 36.4 Å². The molecule has 5 nitrogen and oxygen atoms in total. The summed E-state index contributed by atoms with van der Waals surface area (Å²) in [7, 11) is -3.73. The second-order valence-corrected chi connectivity index (χ2v) is 6.16. The van der Waals surface area contributed by atoms with Crippen molar-refractivity contribution in [3.63, 3.8) is 0 Å². The van der Waals surface area contributed by atoms with Gasteiger partial charge in [-0.1, -0.05) is 23.7 Å². The number of aryl methyl sites for hydroxylation is 1. The number of hydrogen-bond donors (Lipinski definition) is 0. The summed E-state index contributed by atoms with van der Waals surface area (Å²) in [5.41, 5.74) is 1.43. The average Bonchev–Trinajstić information content (AvgIpc) is 2.42. The molecule has 2 heterocycles. The highest BCUT2D eigenvalue weighted by molar-refractivity contribution is 7.49. The molecule has 0 aliphatic carbocycles. The van der Waals surface area contributed by atoms with Crippen LogP contribution in [-0.2, 0) is 15.7 Å². The Balaban J connectivity index is 1.87. The van der Waals surface area contributed by atoms with Crippen molar-refractivity contribution in [1.82, 2.24) is 4.98 Å². The van der Waals surface area contributed by atoms with Crippen molar-refractivity contribution in [1.29, 1.82) is 0 Å². The molecule has 1 atom stereocenters. The van der Waals surface area contributed by atoms with Gasteiger partial charge >= 0.3 is 7.82 Å². The Bertz CT molecular complexity index is 707. The van der Waals surface area contributed by atoms with Crippen LogP contribution in [0.4, 0.5) is 0 Å². The quantitative estimate of drug-likeness (QED) is 0.780. The lowest BCUT2D eigenvalue weighted by molar-refractivity contribution is 0.178. The summed E-state index contributed by atoms with van der Waals surface area (Å²) < 4.78 is 28.3. The van der Waals surface area contributed by atoms with Gasteiger partial charge in [-0.3, -0.25) is 9.51 Å². The zero-order valence-corrected chi connectivity index (χ0v) is 12.2. The van der Waals surface area contributed by atoms with Gasteiger partial charge in [0.1, 0.15) is 12.3 Å². The molecule has 7 heteroatoms. The zero-order valence-electron chi connectivity index (χ0n) is 10.6. The van der Waals surface area contributed by atoms with Crippen LogP contribution in [-0.4, -0.2) is 4.98 Å². The van der Waals surface area contributed by atoms with Gasteiger partial charge in [0.15, 0.2) is 11.5 Å². The maximum atomic E-state index is 12.4. The SMILES string of the molecule is Cc1ccc2c(n1)COP(=O)(Oc1ccccc1Cl)O2. The minimum atomic E-state index is -3.73. The number of aromatic nitrogens is 1. The second kappa shape index (κ2) is 5.09. The predicted octanol–water partition coefficient (Wildman–Crippen LogP) is 4.14. The van der Waals surface area contributed by atoms with Gasteiger partial charge in [-0.05, 0) is 31.2 Å². The fourth-order valence-electron chi connectivity index (χ4n) is 1.76. The number of para-hydroxylation sites is 1. The molecule has 1 aromatic carbocycles.